The lowest BCUT2D eigenvalue weighted by Crippen LogP contribution is -2.42. The average molecular weight is 476 g/mol. The Kier molecular flexibility index (Phi) is 7.48. The molecular formula is C23H22ClNO6S. The van der Waals surface area contributed by atoms with E-state index in [0.29, 0.717) is 28.7 Å². The average Bonchev–Trinajstić information content (AvgIpc) is 3.04. The summed E-state index contributed by atoms with van der Waals surface area (Å²) in [7, 11) is 2.69. The summed E-state index contributed by atoms with van der Waals surface area (Å²) in [5, 5.41) is -0.249. The SMILES string of the molecule is COC(=O)C(C)N1C(=O)SC(=Cc2cc(Cl)c(OCc3cccc(C)c3)c(OC)c2)C1=O. The fourth-order valence-electron chi connectivity index (χ4n) is 3.16. The molecule has 0 aromatic heterocycles. The van der Waals surface area contributed by atoms with Crippen LogP contribution < -0.4 is 9.47 Å². The number of hydrogen-bond donors (Lipinski definition) is 0. The number of hydrogen-bond acceptors (Lipinski definition) is 7. The number of benzene rings is 2. The van der Waals surface area contributed by atoms with E-state index in [2.05, 4.69) is 4.74 Å². The van der Waals surface area contributed by atoms with Gasteiger partial charge in [-0.2, -0.15) is 0 Å². The molecule has 7 nitrogen and oxygen atoms in total. The van der Waals surface area contributed by atoms with Crippen LogP contribution in [-0.2, 0) is 20.9 Å². The Balaban J connectivity index is 1.84. The minimum absolute atomic E-state index is 0.164. The number of esters is 1. The lowest BCUT2D eigenvalue weighted by atomic mass is 10.1. The van der Waals surface area contributed by atoms with Crippen molar-refractivity contribution in [1.82, 2.24) is 4.90 Å². The number of aryl methyl sites for hydroxylation is 1. The number of carbonyl (C=O) groups excluding carboxylic acids is 3. The molecule has 2 amide bonds. The predicted octanol–water partition coefficient (Wildman–Crippen LogP) is 4.83. The van der Waals surface area contributed by atoms with Gasteiger partial charge >= 0.3 is 5.97 Å². The maximum atomic E-state index is 12.7. The summed E-state index contributed by atoms with van der Waals surface area (Å²) in [6, 6.07) is 10.2. The van der Waals surface area contributed by atoms with E-state index in [1.165, 1.54) is 27.2 Å². The molecule has 0 radical (unpaired) electrons. The zero-order valence-electron chi connectivity index (χ0n) is 18.0. The minimum Gasteiger partial charge on any atom is -0.493 e. The molecule has 9 heteroatoms. The summed E-state index contributed by atoms with van der Waals surface area (Å²) in [6.07, 6.45) is 1.52. The number of nitrogens with zero attached hydrogens (tertiary/aromatic N) is 1. The molecule has 0 N–H and O–H groups in total. The van der Waals surface area contributed by atoms with Gasteiger partial charge in [0.2, 0.25) is 0 Å². The first-order chi connectivity index (χ1) is 15.2. The van der Waals surface area contributed by atoms with Crippen molar-refractivity contribution < 1.29 is 28.6 Å². The van der Waals surface area contributed by atoms with Gasteiger partial charge in [0.25, 0.3) is 11.1 Å². The topological polar surface area (TPSA) is 82.1 Å². The monoisotopic (exact) mass is 475 g/mol. The van der Waals surface area contributed by atoms with Crippen molar-refractivity contribution in [3.05, 3.63) is 63.0 Å². The zero-order chi connectivity index (χ0) is 23.4. The normalized spacial score (nSPS) is 15.8. The fraction of sp³-hybridized carbons (Fsp3) is 0.261. The first-order valence-electron chi connectivity index (χ1n) is 9.66. The Morgan fingerprint density at radius 2 is 1.97 bits per heavy atom. The molecule has 1 aliphatic heterocycles. The van der Waals surface area contributed by atoms with Crippen molar-refractivity contribution in [2.45, 2.75) is 26.5 Å². The maximum absolute atomic E-state index is 12.7. The van der Waals surface area contributed by atoms with Gasteiger partial charge in [-0.3, -0.25) is 14.5 Å². The summed E-state index contributed by atoms with van der Waals surface area (Å²) in [6.45, 7) is 3.74. The van der Waals surface area contributed by atoms with Crippen molar-refractivity contribution in [2.24, 2.45) is 0 Å². The van der Waals surface area contributed by atoms with Crippen molar-refractivity contribution >= 4 is 46.6 Å². The second-order valence-corrected chi connectivity index (χ2v) is 8.46. The Hall–Kier alpha value is -2.97. The third kappa shape index (κ3) is 5.08. The van der Waals surface area contributed by atoms with Crippen molar-refractivity contribution in [3.63, 3.8) is 0 Å². The molecular weight excluding hydrogens is 454 g/mol. The van der Waals surface area contributed by atoms with Gasteiger partial charge in [0.1, 0.15) is 12.6 Å². The van der Waals surface area contributed by atoms with E-state index >= 15 is 0 Å². The standard InChI is InChI=1S/C23H22ClNO6S/c1-13-6-5-7-15(8-13)12-31-20-17(24)9-16(10-18(20)29-3)11-19-21(26)25(23(28)32-19)14(2)22(27)30-4/h5-11,14H,12H2,1-4H3. The molecule has 2 aromatic rings. The van der Waals surface area contributed by atoms with Crippen LogP contribution in [-0.4, -0.2) is 42.3 Å². The number of methoxy groups -OCH3 is 2. The van der Waals surface area contributed by atoms with E-state index in [0.717, 1.165) is 27.8 Å². The lowest BCUT2D eigenvalue weighted by Gasteiger charge is -2.18. The second kappa shape index (κ2) is 10.1. The molecule has 1 saturated heterocycles. The predicted molar refractivity (Wildman–Crippen MR) is 123 cm³/mol. The number of halogens is 1. The summed E-state index contributed by atoms with van der Waals surface area (Å²) >= 11 is 7.18. The molecule has 1 fully saturated rings. The van der Waals surface area contributed by atoms with Crippen LogP contribution in [0.2, 0.25) is 5.02 Å². The largest absolute Gasteiger partial charge is 0.493 e. The molecule has 3 rings (SSSR count). The van der Waals surface area contributed by atoms with E-state index in [1.54, 1.807) is 12.1 Å². The summed E-state index contributed by atoms with van der Waals surface area (Å²) in [5.41, 5.74) is 2.65. The molecule has 0 aliphatic carbocycles. The Morgan fingerprint density at radius 1 is 1.22 bits per heavy atom. The highest BCUT2D eigenvalue weighted by atomic mass is 35.5. The van der Waals surface area contributed by atoms with Gasteiger partial charge in [0.15, 0.2) is 11.5 Å². The van der Waals surface area contributed by atoms with Crippen LogP contribution >= 0.6 is 23.4 Å². The van der Waals surface area contributed by atoms with E-state index in [1.807, 2.05) is 31.2 Å². The number of amides is 2. The molecule has 0 bridgehead atoms. The van der Waals surface area contributed by atoms with Crippen molar-refractivity contribution in [2.75, 3.05) is 14.2 Å². The third-order valence-corrected chi connectivity index (χ3v) is 5.93. The third-order valence-electron chi connectivity index (χ3n) is 4.77. The quantitative estimate of drug-likeness (QED) is 0.418. The first kappa shape index (κ1) is 23.7. The molecule has 1 unspecified atom stereocenters. The summed E-state index contributed by atoms with van der Waals surface area (Å²) in [5.74, 6) is -0.486. The van der Waals surface area contributed by atoms with Crippen LogP contribution in [0.15, 0.2) is 41.3 Å². The van der Waals surface area contributed by atoms with Gasteiger partial charge in [-0.05, 0) is 54.9 Å². The fourth-order valence-corrected chi connectivity index (χ4v) is 4.34. The zero-order valence-corrected chi connectivity index (χ0v) is 19.6. The van der Waals surface area contributed by atoms with Gasteiger partial charge in [-0.25, -0.2) is 4.79 Å². The molecule has 168 valence electrons. The second-order valence-electron chi connectivity index (χ2n) is 7.06. The van der Waals surface area contributed by atoms with E-state index in [9.17, 15) is 14.4 Å². The minimum atomic E-state index is -1.02. The van der Waals surface area contributed by atoms with Gasteiger partial charge in [-0.15, -0.1) is 0 Å². The number of carbonyl (C=O) groups is 3. The summed E-state index contributed by atoms with van der Waals surface area (Å²) in [4.78, 5) is 37.8. The Morgan fingerprint density at radius 3 is 2.62 bits per heavy atom. The molecule has 1 atom stereocenters. The van der Waals surface area contributed by atoms with Crippen LogP contribution in [0.5, 0.6) is 11.5 Å². The highest BCUT2D eigenvalue weighted by Gasteiger charge is 2.41. The Bertz CT molecular complexity index is 1100. The van der Waals surface area contributed by atoms with Crippen molar-refractivity contribution in [3.8, 4) is 11.5 Å². The van der Waals surface area contributed by atoms with E-state index in [-0.39, 0.29) is 4.91 Å². The number of imide groups is 1. The highest BCUT2D eigenvalue weighted by Crippen LogP contribution is 2.39. The van der Waals surface area contributed by atoms with Crippen LogP contribution in [0.3, 0.4) is 0 Å². The van der Waals surface area contributed by atoms with Crippen LogP contribution in [0.25, 0.3) is 6.08 Å². The number of thioether (sulfide) groups is 1. The molecule has 0 spiro atoms. The number of rotatable bonds is 7. The highest BCUT2D eigenvalue weighted by molar-refractivity contribution is 8.18. The summed E-state index contributed by atoms with van der Waals surface area (Å²) < 4.78 is 15.9. The molecule has 32 heavy (non-hydrogen) atoms. The van der Waals surface area contributed by atoms with Crippen molar-refractivity contribution in [1.29, 1.82) is 0 Å². The van der Waals surface area contributed by atoms with Crippen LogP contribution in [0.1, 0.15) is 23.6 Å². The molecule has 2 aromatic carbocycles. The first-order valence-corrected chi connectivity index (χ1v) is 10.9. The van der Waals surface area contributed by atoms with Gasteiger partial charge < -0.3 is 14.2 Å². The molecule has 1 heterocycles. The lowest BCUT2D eigenvalue weighted by molar-refractivity contribution is -0.148. The maximum Gasteiger partial charge on any atom is 0.328 e. The van der Waals surface area contributed by atoms with E-state index in [4.69, 9.17) is 21.1 Å². The smallest absolute Gasteiger partial charge is 0.328 e. The molecule has 0 saturated carbocycles. The number of ether oxygens (including phenoxy) is 3. The van der Waals surface area contributed by atoms with Gasteiger partial charge in [0, 0.05) is 0 Å². The van der Waals surface area contributed by atoms with Gasteiger partial charge in [-0.1, -0.05) is 41.4 Å². The Labute approximate surface area is 195 Å². The van der Waals surface area contributed by atoms with Crippen LogP contribution in [0, 0.1) is 6.92 Å². The van der Waals surface area contributed by atoms with Gasteiger partial charge in [0.05, 0.1) is 24.1 Å². The van der Waals surface area contributed by atoms with Crippen LogP contribution in [0.4, 0.5) is 4.79 Å². The van der Waals surface area contributed by atoms with E-state index < -0.39 is 23.2 Å². The molecule has 1 aliphatic rings.